The minimum Gasteiger partial charge on any atom is -0.508 e. The van der Waals surface area contributed by atoms with E-state index in [4.69, 9.17) is 9.52 Å². The molecule has 0 saturated heterocycles. The number of nitrogens with zero attached hydrogens (tertiary/aromatic N) is 1. The van der Waals surface area contributed by atoms with E-state index in [1.165, 1.54) is 12.1 Å². The molecule has 2 aromatic carbocycles. The predicted molar refractivity (Wildman–Crippen MR) is 77.5 cm³/mol. The van der Waals surface area contributed by atoms with Gasteiger partial charge >= 0.3 is 5.97 Å². The van der Waals surface area contributed by atoms with E-state index in [2.05, 4.69) is 4.98 Å². The zero-order valence-corrected chi connectivity index (χ0v) is 11.4. The fraction of sp³-hybridized carbons (Fsp3) is 0.125. The fourth-order valence-electron chi connectivity index (χ4n) is 2.19. The molecule has 0 fully saturated rings. The number of aliphatic carboxylic acids is 1. The molecule has 0 saturated carbocycles. The van der Waals surface area contributed by atoms with E-state index in [0.717, 1.165) is 0 Å². The van der Waals surface area contributed by atoms with Crippen molar-refractivity contribution in [2.75, 3.05) is 0 Å². The van der Waals surface area contributed by atoms with Gasteiger partial charge in [-0.25, -0.2) is 4.98 Å². The normalized spacial score (nSPS) is 12.4. The van der Waals surface area contributed by atoms with E-state index in [-0.39, 0.29) is 18.1 Å². The van der Waals surface area contributed by atoms with Crippen LogP contribution in [0.3, 0.4) is 0 Å². The number of rotatable bonds is 4. The first-order chi connectivity index (χ1) is 10.5. The Hall–Kier alpha value is -2.86. The molecule has 0 aliphatic rings. The Balaban J connectivity index is 1.94. The molecule has 0 radical (unpaired) electrons. The second-order valence-corrected chi connectivity index (χ2v) is 4.92. The van der Waals surface area contributed by atoms with Crippen LogP contribution in [0.25, 0.3) is 11.1 Å². The number of aliphatic hydroxyl groups is 1. The number of hydrogen-bond acceptors (Lipinski definition) is 5. The zero-order chi connectivity index (χ0) is 15.7. The summed E-state index contributed by atoms with van der Waals surface area (Å²) < 4.78 is 5.52. The highest BCUT2D eigenvalue weighted by atomic mass is 16.4. The van der Waals surface area contributed by atoms with E-state index in [1.54, 1.807) is 30.3 Å². The van der Waals surface area contributed by atoms with Crippen molar-refractivity contribution in [3.63, 3.8) is 0 Å². The molecule has 0 spiro atoms. The highest BCUT2D eigenvalue weighted by Crippen LogP contribution is 2.26. The molecule has 0 bridgehead atoms. The molecule has 1 aromatic heterocycles. The summed E-state index contributed by atoms with van der Waals surface area (Å²) in [7, 11) is 0. The van der Waals surface area contributed by atoms with Crippen LogP contribution in [0.1, 0.15) is 23.1 Å². The minimum absolute atomic E-state index is 0.104. The van der Waals surface area contributed by atoms with E-state index in [9.17, 15) is 15.0 Å². The SMILES string of the molecule is O=C(O)Cc1ccc2nc(C(O)c3ccc(O)cc3)oc2c1. The van der Waals surface area contributed by atoms with E-state index >= 15 is 0 Å². The summed E-state index contributed by atoms with van der Waals surface area (Å²) in [5.41, 5.74) is 2.10. The lowest BCUT2D eigenvalue weighted by Gasteiger charge is -2.06. The minimum atomic E-state index is -1.06. The van der Waals surface area contributed by atoms with Gasteiger partial charge in [0.25, 0.3) is 0 Å². The molecule has 112 valence electrons. The molecule has 3 rings (SSSR count). The second kappa shape index (κ2) is 5.50. The third-order valence-electron chi connectivity index (χ3n) is 3.27. The number of aromatic nitrogens is 1. The van der Waals surface area contributed by atoms with Gasteiger partial charge in [-0.05, 0) is 35.4 Å². The van der Waals surface area contributed by atoms with Crippen LogP contribution in [0.2, 0.25) is 0 Å². The molecule has 1 unspecified atom stereocenters. The first-order valence-electron chi connectivity index (χ1n) is 6.61. The monoisotopic (exact) mass is 299 g/mol. The molecule has 1 atom stereocenters. The van der Waals surface area contributed by atoms with Gasteiger partial charge in [0.2, 0.25) is 5.89 Å². The van der Waals surface area contributed by atoms with Crippen molar-refractivity contribution < 1.29 is 24.5 Å². The number of carboxylic acid groups (broad SMARTS) is 1. The predicted octanol–water partition coefficient (Wildman–Crippen LogP) is 2.24. The number of aliphatic hydroxyl groups excluding tert-OH is 1. The van der Waals surface area contributed by atoms with E-state index in [0.29, 0.717) is 22.2 Å². The Morgan fingerprint density at radius 1 is 1.18 bits per heavy atom. The fourth-order valence-corrected chi connectivity index (χ4v) is 2.19. The second-order valence-electron chi connectivity index (χ2n) is 4.92. The average Bonchev–Trinajstić information content (AvgIpc) is 2.90. The van der Waals surface area contributed by atoms with Gasteiger partial charge in [0.15, 0.2) is 11.7 Å². The molecule has 1 heterocycles. The first-order valence-corrected chi connectivity index (χ1v) is 6.61. The number of phenolic OH excluding ortho intramolecular Hbond substituents is 1. The van der Waals surface area contributed by atoms with Gasteiger partial charge < -0.3 is 19.7 Å². The molecular weight excluding hydrogens is 286 g/mol. The van der Waals surface area contributed by atoms with Gasteiger partial charge in [0.05, 0.1) is 6.42 Å². The van der Waals surface area contributed by atoms with Gasteiger partial charge in [-0.3, -0.25) is 4.79 Å². The maximum atomic E-state index is 10.7. The number of fused-ring (bicyclic) bond motifs is 1. The van der Waals surface area contributed by atoms with E-state index in [1.807, 2.05) is 0 Å². The lowest BCUT2D eigenvalue weighted by atomic mass is 10.1. The summed E-state index contributed by atoms with van der Waals surface area (Å²) in [4.78, 5) is 14.9. The largest absolute Gasteiger partial charge is 0.508 e. The smallest absolute Gasteiger partial charge is 0.307 e. The molecule has 3 N–H and O–H groups in total. The van der Waals surface area contributed by atoms with Crippen molar-refractivity contribution in [3.05, 3.63) is 59.5 Å². The van der Waals surface area contributed by atoms with Crippen molar-refractivity contribution in [1.29, 1.82) is 0 Å². The average molecular weight is 299 g/mol. The highest BCUT2D eigenvalue weighted by molar-refractivity contribution is 5.76. The topological polar surface area (TPSA) is 104 Å². The van der Waals surface area contributed by atoms with Crippen molar-refractivity contribution >= 4 is 17.1 Å². The van der Waals surface area contributed by atoms with Crippen LogP contribution >= 0.6 is 0 Å². The van der Waals surface area contributed by atoms with Crippen LogP contribution in [0.5, 0.6) is 5.75 Å². The summed E-state index contributed by atoms with van der Waals surface area (Å²) >= 11 is 0. The zero-order valence-electron chi connectivity index (χ0n) is 11.4. The molecule has 22 heavy (non-hydrogen) atoms. The van der Waals surface area contributed by atoms with Crippen LogP contribution in [-0.2, 0) is 11.2 Å². The summed E-state index contributed by atoms with van der Waals surface area (Å²) in [5.74, 6) is -0.705. The maximum Gasteiger partial charge on any atom is 0.307 e. The lowest BCUT2D eigenvalue weighted by molar-refractivity contribution is -0.136. The number of phenols is 1. The van der Waals surface area contributed by atoms with Crippen LogP contribution < -0.4 is 0 Å². The number of hydrogen-bond donors (Lipinski definition) is 3. The Kier molecular flexibility index (Phi) is 3.52. The number of oxazole rings is 1. The maximum absolute atomic E-state index is 10.7. The van der Waals surface area contributed by atoms with Crippen LogP contribution in [-0.4, -0.2) is 26.3 Å². The van der Waals surface area contributed by atoms with Crippen molar-refractivity contribution in [3.8, 4) is 5.75 Å². The van der Waals surface area contributed by atoms with Gasteiger partial charge in [0.1, 0.15) is 11.3 Å². The molecule has 3 aromatic rings. The number of carboxylic acids is 1. The molecular formula is C16H13NO5. The van der Waals surface area contributed by atoms with Gasteiger partial charge in [-0.2, -0.15) is 0 Å². The standard InChI is InChI=1S/C16H13NO5/c18-11-4-2-10(3-5-11)15(21)16-17-12-6-1-9(8-14(19)20)7-13(12)22-16/h1-7,15,18,21H,8H2,(H,19,20). The van der Waals surface area contributed by atoms with Gasteiger partial charge in [0, 0.05) is 0 Å². The number of carbonyl (C=O) groups is 1. The highest BCUT2D eigenvalue weighted by Gasteiger charge is 2.18. The first kappa shape index (κ1) is 14.1. The van der Waals surface area contributed by atoms with Crippen LogP contribution in [0.4, 0.5) is 0 Å². The van der Waals surface area contributed by atoms with Crippen molar-refractivity contribution in [1.82, 2.24) is 4.98 Å². The Labute approximate surface area is 125 Å². The van der Waals surface area contributed by atoms with Gasteiger partial charge in [-0.15, -0.1) is 0 Å². The number of benzene rings is 2. The van der Waals surface area contributed by atoms with Crippen molar-refractivity contribution in [2.24, 2.45) is 0 Å². The Bertz CT molecular complexity index is 822. The molecule has 0 aliphatic heterocycles. The summed E-state index contributed by atoms with van der Waals surface area (Å²) in [5, 5.41) is 28.3. The summed E-state index contributed by atoms with van der Waals surface area (Å²) in [6, 6.07) is 11.0. The third kappa shape index (κ3) is 2.77. The molecule has 0 aliphatic carbocycles. The van der Waals surface area contributed by atoms with Gasteiger partial charge in [-0.1, -0.05) is 18.2 Å². The quantitative estimate of drug-likeness (QED) is 0.682. The lowest BCUT2D eigenvalue weighted by Crippen LogP contribution is -1.99. The van der Waals surface area contributed by atoms with Crippen LogP contribution in [0, 0.1) is 0 Å². The molecule has 6 heteroatoms. The van der Waals surface area contributed by atoms with E-state index < -0.39 is 12.1 Å². The van der Waals surface area contributed by atoms with Crippen LogP contribution in [0.15, 0.2) is 46.9 Å². The summed E-state index contributed by atoms with van der Waals surface area (Å²) in [6.07, 6.45) is -1.16. The number of aromatic hydroxyl groups is 1. The third-order valence-corrected chi connectivity index (χ3v) is 3.27. The Morgan fingerprint density at radius 2 is 1.91 bits per heavy atom. The molecule has 0 amide bonds. The summed E-state index contributed by atoms with van der Waals surface area (Å²) in [6.45, 7) is 0. The Morgan fingerprint density at radius 3 is 2.59 bits per heavy atom. The molecule has 6 nitrogen and oxygen atoms in total. The van der Waals surface area contributed by atoms with Crippen molar-refractivity contribution in [2.45, 2.75) is 12.5 Å².